The fourth-order valence-corrected chi connectivity index (χ4v) is 2.55. The van der Waals surface area contributed by atoms with E-state index < -0.39 is 22.4 Å². The van der Waals surface area contributed by atoms with Crippen molar-refractivity contribution in [3.8, 4) is 0 Å². The lowest BCUT2D eigenvalue weighted by atomic mass is 10.2. The van der Waals surface area contributed by atoms with Crippen molar-refractivity contribution < 1.29 is 18.1 Å². The number of halogens is 4. The Labute approximate surface area is 164 Å². The molecule has 0 unspecified atom stereocenters. The number of nitrogens with zero attached hydrogens (tertiary/aromatic N) is 3. The summed E-state index contributed by atoms with van der Waals surface area (Å²) in [5.41, 5.74) is -0.493. The Bertz CT molecular complexity index is 995. The number of nitrogens with one attached hydrogen (secondary N) is 2. The molecule has 0 amide bonds. The topological polar surface area (TPSA) is 93.0 Å². The van der Waals surface area contributed by atoms with E-state index in [9.17, 15) is 23.3 Å². The Kier molecular flexibility index (Phi) is 5.45. The third-order valence-electron chi connectivity index (χ3n) is 3.59. The van der Waals surface area contributed by atoms with E-state index in [1.165, 1.54) is 0 Å². The summed E-state index contributed by atoms with van der Waals surface area (Å²) >= 11 is 3.29. The van der Waals surface area contributed by atoms with E-state index >= 15 is 0 Å². The smallest absolute Gasteiger partial charge is 0.334 e. The van der Waals surface area contributed by atoms with Crippen LogP contribution in [0.4, 0.5) is 41.9 Å². The first-order valence-corrected chi connectivity index (χ1v) is 8.49. The van der Waals surface area contributed by atoms with Crippen molar-refractivity contribution in [1.29, 1.82) is 0 Å². The normalized spacial score (nSPS) is 11.1. The molecule has 0 spiro atoms. The van der Waals surface area contributed by atoms with Crippen molar-refractivity contribution in [2.75, 3.05) is 10.6 Å². The number of benzene rings is 2. The minimum Gasteiger partial charge on any atom is -0.334 e. The number of aromatic nitrogens is 2. The van der Waals surface area contributed by atoms with Crippen LogP contribution in [0.2, 0.25) is 0 Å². The van der Waals surface area contributed by atoms with Crippen molar-refractivity contribution in [1.82, 2.24) is 9.97 Å². The Morgan fingerprint density at radius 3 is 1.79 bits per heavy atom. The Morgan fingerprint density at radius 1 is 0.893 bits per heavy atom. The molecule has 0 saturated carbocycles. The maximum absolute atomic E-state index is 12.7. The van der Waals surface area contributed by atoms with Gasteiger partial charge in [0.1, 0.15) is 6.33 Å². The number of rotatable bonds is 5. The summed E-state index contributed by atoms with van der Waals surface area (Å²) in [5, 5.41) is 17.0. The van der Waals surface area contributed by atoms with E-state index in [0.29, 0.717) is 5.69 Å². The highest BCUT2D eigenvalue weighted by molar-refractivity contribution is 9.10. The lowest BCUT2D eigenvalue weighted by Crippen LogP contribution is -2.06. The van der Waals surface area contributed by atoms with Crippen LogP contribution < -0.4 is 10.6 Å². The molecule has 0 bridgehead atoms. The average molecular weight is 454 g/mol. The molecule has 3 rings (SSSR count). The number of alkyl halides is 3. The van der Waals surface area contributed by atoms with Crippen molar-refractivity contribution >= 4 is 44.6 Å². The monoisotopic (exact) mass is 453 g/mol. The molecule has 1 heterocycles. The van der Waals surface area contributed by atoms with Gasteiger partial charge in [0.15, 0.2) is 0 Å². The third kappa shape index (κ3) is 4.55. The largest absolute Gasteiger partial charge is 0.416 e. The first-order chi connectivity index (χ1) is 13.2. The zero-order chi connectivity index (χ0) is 20.3. The highest BCUT2D eigenvalue weighted by Gasteiger charge is 2.30. The van der Waals surface area contributed by atoms with Gasteiger partial charge >= 0.3 is 11.9 Å². The van der Waals surface area contributed by atoms with Gasteiger partial charge in [-0.3, -0.25) is 10.1 Å². The van der Waals surface area contributed by atoms with E-state index in [0.717, 1.165) is 35.1 Å². The van der Waals surface area contributed by atoms with Crippen molar-refractivity contribution in [3.63, 3.8) is 0 Å². The molecule has 7 nitrogen and oxygen atoms in total. The summed E-state index contributed by atoms with van der Waals surface area (Å²) in [6.45, 7) is 0. The molecule has 0 radical (unpaired) electrons. The van der Waals surface area contributed by atoms with Gasteiger partial charge in [-0.2, -0.15) is 13.2 Å². The van der Waals surface area contributed by atoms with E-state index in [2.05, 4.69) is 36.5 Å². The second kappa shape index (κ2) is 7.80. The minimum atomic E-state index is -4.47. The molecule has 0 aliphatic heterocycles. The van der Waals surface area contributed by atoms with Gasteiger partial charge in [-0.15, -0.1) is 0 Å². The molecule has 28 heavy (non-hydrogen) atoms. The summed E-state index contributed by atoms with van der Waals surface area (Å²) in [5.74, 6) is -0.212. The van der Waals surface area contributed by atoms with Crippen LogP contribution in [0.1, 0.15) is 5.56 Å². The molecule has 0 fully saturated rings. The summed E-state index contributed by atoms with van der Waals surface area (Å²) in [7, 11) is 0. The summed E-state index contributed by atoms with van der Waals surface area (Å²) < 4.78 is 38.8. The highest BCUT2D eigenvalue weighted by atomic mass is 79.9. The molecular weight excluding hydrogens is 443 g/mol. The first-order valence-electron chi connectivity index (χ1n) is 7.70. The summed E-state index contributed by atoms with van der Waals surface area (Å²) in [6, 6.07) is 10.9. The predicted octanol–water partition coefficient (Wildman–Crippen LogP) is 5.65. The van der Waals surface area contributed by atoms with E-state index in [1.807, 2.05) is 0 Å². The molecular formula is C17H11BrF3N5O2. The van der Waals surface area contributed by atoms with Crippen LogP contribution in [-0.2, 0) is 6.18 Å². The third-order valence-corrected chi connectivity index (χ3v) is 4.12. The maximum atomic E-state index is 12.7. The van der Waals surface area contributed by atoms with Crippen LogP contribution in [0.3, 0.4) is 0 Å². The second-order valence-electron chi connectivity index (χ2n) is 5.51. The lowest BCUT2D eigenvalue weighted by Gasteiger charge is -2.11. The second-order valence-corrected chi connectivity index (χ2v) is 6.42. The molecule has 0 aliphatic rings. The van der Waals surface area contributed by atoms with Crippen LogP contribution >= 0.6 is 15.9 Å². The lowest BCUT2D eigenvalue weighted by molar-refractivity contribution is -0.383. The van der Waals surface area contributed by atoms with Crippen molar-refractivity contribution in [2.45, 2.75) is 6.18 Å². The molecule has 0 atom stereocenters. The fourth-order valence-electron chi connectivity index (χ4n) is 2.28. The van der Waals surface area contributed by atoms with Crippen molar-refractivity contribution in [2.24, 2.45) is 0 Å². The molecule has 11 heteroatoms. The summed E-state index contributed by atoms with van der Waals surface area (Å²) in [4.78, 5) is 18.6. The van der Waals surface area contributed by atoms with Gasteiger partial charge in [0, 0.05) is 15.8 Å². The van der Waals surface area contributed by atoms with Crippen LogP contribution in [0.5, 0.6) is 0 Å². The fraction of sp³-hybridized carbons (Fsp3) is 0.0588. The average Bonchev–Trinajstić information content (AvgIpc) is 2.63. The van der Waals surface area contributed by atoms with Crippen LogP contribution in [0.15, 0.2) is 59.3 Å². The Balaban J connectivity index is 1.91. The zero-order valence-corrected chi connectivity index (χ0v) is 15.5. The molecule has 1 aromatic heterocycles. The van der Waals surface area contributed by atoms with E-state index in [4.69, 9.17) is 0 Å². The van der Waals surface area contributed by atoms with Gasteiger partial charge < -0.3 is 10.6 Å². The number of anilines is 4. The van der Waals surface area contributed by atoms with Gasteiger partial charge in [-0.25, -0.2) is 9.97 Å². The Hall–Kier alpha value is -3.21. The molecule has 0 saturated heterocycles. The maximum Gasteiger partial charge on any atom is 0.416 e. The van der Waals surface area contributed by atoms with Gasteiger partial charge in [0.05, 0.1) is 10.5 Å². The van der Waals surface area contributed by atoms with Gasteiger partial charge in [0.25, 0.3) is 0 Å². The van der Waals surface area contributed by atoms with Crippen LogP contribution in [0.25, 0.3) is 0 Å². The quantitative estimate of drug-likeness (QED) is 0.382. The van der Waals surface area contributed by atoms with Crippen LogP contribution in [-0.4, -0.2) is 14.9 Å². The standard InChI is InChI=1S/C17H11BrF3N5O2/c18-11-3-7-13(8-4-11)25-16-14(26(27)28)15(22-9-23-16)24-12-5-1-10(2-6-12)17(19,20)21/h1-9H,(H2,22,23,24,25). The molecule has 2 aromatic carbocycles. The predicted molar refractivity (Wildman–Crippen MR) is 101 cm³/mol. The first kappa shape index (κ1) is 19.5. The molecule has 3 aromatic rings. The zero-order valence-electron chi connectivity index (χ0n) is 13.9. The van der Waals surface area contributed by atoms with Crippen LogP contribution in [0, 0.1) is 10.1 Å². The SMILES string of the molecule is O=[N+]([O-])c1c(Nc2ccc(Br)cc2)ncnc1Nc1ccc(C(F)(F)F)cc1. The minimum absolute atomic E-state index is 0.0586. The highest BCUT2D eigenvalue weighted by Crippen LogP contribution is 2.34. The van der Waals surface area contributed by atoms with Gasteiger partial charge in [0.2, 0.25) is 11.6 Å². The van der Waals surface area contributed by atoms with E-state index in [-0.39, 0.29) is 17.3 Å². The summed E-state index contributed by atoms with van der Waals surface area (Å²) in [6.07, 6.45) is -3.36. The molecule has 144 valence electrons. The van der Waals surface area contributed by atoms with E-state index in [1.54, 1.807) is 24.3 Å². The molecule has 2 N–H and O–H groups in total. The Morgan fingerprint density at radius 2 is 1.36 bits per heavy atom. The number of nitro groups is 1. The number of hydrogen-bond donors (Lipinski definition) is 2. The van der Waals surface area contributed by atoms with Gasteiger partial charge in [-0.1, -0.05) is 15.9 Å². The van der Waals surface area contributed by atoms with Gasteiger partial charge in [-0.05, 0) is 48.5 Å². The molecule has 0 aliphatic carbocycles. The van der Waals surface area contributed by atoms with Crippen molar-refractivity contribution in [3.05, 3.63) is 75.0 Å². The number of hydrogen-bond acceptors (Lipinski definition) is 6.